The maximum Gasteiger partial charge on any atom is 0.414 e. The number of carbonyl (C=O) groups excluding carboxylic acids is 1. The highest BCUT2D eigenvalue weighted by molar-refractivity contribution is 6.01. The van der Waals surface area contributed by atoms with E-state index in [0.29, 0.717) is 0 Å². The summed E-state index contributed by atoms with van der Waals surface area (Å²) in [5, 5.41) is 1.00. The van der Waals surface area contributed by atoms with Crippen molar-refractivity contribution in [3.05, 3.63) is 42.5 Å². The first-order valence-corrected chi connectivity index (χ1v) is 9.91. The first kappa shape index (κ1) is 20.6. The van der Waals surface area contributed by atoms with E-state index in [2.05, 4.69) is 11.5 Å². The second kappa shape index (κ2) is 8.47. The number of ether oxygens (including phenoxy) is 2. The molecule has 154 valence electrons. The zero-order valence-corrected chi connectivity index (χ0v) is 17.7. The number of aromatic nitrogens is 1. The smallest absolute Gasteiger partial charge is 0.414 e. The summed E-state index contributed by atoms with van der Waals surface area (Å²) in [5.41, 5.74) is 11.0. The normalized spacial score (nSPS) is 12.0. The third-order valence-electron chi connectivity index (χ3n) is 5.31. The fourth-order valence-corrected chi connectivity index (χ4v) is 3.41. The molecular weight excluding hydrogens is 366 g/mol. The predicted molar refractivity (Wildman–Crippen MR) is 119 cm³/mol. The Balaban J connectivity index is 1.97. The topological polar surface area (TPSA) is 69.7 Å². The van der Waals surface area contributed by atoms with Crippen LogP contribution in [0.15, 0.2) is 42.5 Å². The number of nitrogens with zero attached hydrogens (tertiary/aromatic N) is 2. The molecule has 0 saturated heterocycles. The van der Waals surface area contributed by atoms with Crippen LogP contribution < -0.4 is 15.4 Å². The molecule has 0 saturated carbocycles. The highest BCUT2D eigenvalue weighted by Gasteiger charge is 2.18. The molecule has 0 fully saturated rings. The molecule has 0 spiro atoms. The molecule has 6 heteroatoms. The van der Waals surface area contributed by atoms with E-state index in [4.69, 9.17) is 15.2 Å². The number of hydrogen-bond donors (Lipinski definition) is 1. The monoisotopic (exact) mass is 395 g/mol. The van der Waals surface area contributed by atoms with Gasteiger partial charge in [-0.05, 0) is 44.5 Å². The van der Waals surface area contributed by atoms with Gasteiger partial charge in [-0.3, -0.25) is 4.90 Å². The molecule has 1 amide bonds. The summed E-state index contributed by atoms with van der Waals surface area (Å²) >= 11 is 0. The van der Waals surface area contributed by atoms with Crippen molar-refractivity contribution in [1.29, 1.82) is 0 Å². The lowest BCUT2D eigenvalue weighted by molar-refractivity contribution is 0.112. The quantitative estimate of drug-likeness (QED) is 0.616. The van der Waals surface area contributed by atoms with Gasteiger partial charge in [-0.25, -0.2) is 4.79 Å². The SMILES string of the molecule is CCC(C)OC(=O)N(C)c1ccc(-c2c(N)c3ccc(OC)cc3n2CC)cc1. The van der Waals surface area contributed by atoms with Crippen LogP contribution in [0, 0.1) is 0 Å². The van der Waals surface area contributed by atoms with Crippen molar-refractivity contribution in [2.24, 2.45) is 0 Å². The number of hydrogen-bond acceptors (Lipinski definition) is 4. The molecule has 0 aliphatic carbocycles. The molecule has 1 unspecified atom stereocenters. The van der Waals surface area contributed by atoms with Crippen molar-refractivity contribution in [2.45, 2.75) is 39.8 Å². The van der Waals surface area contributed by atoms with E-state index < -0.39 is 0 Å². The molecule has 29 heavy (non-hydrogen) atoms. The lowest BCUT2D eigenvalue weighted by Gasteiger charge is -2.20. The van der Waals surface area contributed by atoms with Crippen LogP contribution in [0.1, 0.15) is 27.2 Å². The van der Waals surface area contributed by atoms with Gasteiger partial charge in [0.05, 0.1) is 24.0 Å². The molecule has 3 aromatic rings. The van der Waals surface area contributed by atoms with Crippen molar-refractivity contribution < 1.29 is 14.3 Å². The number of methoxy groups -OCH3 is 1. The Hall–Kier alpha value is -3.15. The number of anilines is 2. The molecule has 6 nitrogen and oxygen atoms in total. The first-order valence-electron chi connectivity index (χ1n) is 9.91. The Labute approximate surface area is 171 Å². The largest absolute Gasteiger partial charge is 0.497 e. The van der Waals surface area contributed by atoms with Crippen molar-refractivity contribution in [3.63, 3.8) is 0 Å². The van der Waals surface area contributed by atoms with Crippen LogP contribution in [0.5, 0.6) is 5.75 Å². The molecule has 3 rings (SSSR count). The minimum atomic E-state index is -0.360. The molecule has 1 aromatic heterocycles. The summed E-state index contributed by atoms with van der Waals surface area (Å²) in [6.07, 6.45) is 0.312. The van der Waals surface area contributed by atoms with Gasteiger partial charge in [0.25, 0.3) is 0 Å². The van der Waals surface area contributed by atoms with Crippen molar-refractivity contribution >= 4 is 28.4 Å². The number of fused-ring (bicyclic) bond motifs is 1. The number of nitrogens with two attached hydrogens (primary N) is 1. The van der Waals surface area contributed by atoms with E-state index in [1.165, 1.54) is 4.90 Å². The molecule has 1 atom stereocenters. The van der Waals surface area contributed by atoms with Crippen LogP contribution in [0.3, 0.4) is 0 Å². The van der Waals surface area contributed by atoms with E-state index >= 15 is 0 Å². The maximum absolute atomic E-state index is 12.3. The van der Waals surface area contributed by atoms with E-state index in [-0.39, 0.29) is 12.2 Å². The summed E-state index contributed by atoms with van der Waals surface area (Å²) in [5.74, 6) is 0.799. The summed E-state index contributed by atoms with van der Waals surface area (Å²) < 4.78 is 13.0. The standard InChI is InChI=1S/C23H29N3O3/c1-6-15(3)29-23(27)25(4)17-10-8-16(9-11-17)22-21(24)19-13-12-18(28-5)14-20(19)26(22)7-2/h8-15H,6-7,24H2,1-5H3. The molecule has 0 aliphatic rings. The second-order valence-electron chi connectivity index (χ2n) is 7.10. The minimum absolute atomic E-state index is 0.110. The van der Waals surface area contributed by atoms with Crippen molar-refractivity contribution in [3.8, 4) is 17.0 Å². The van der Waals surface area contributed by atoms with Crippen molar-refractivity contribution in [2.75, 3.05) is 24.8 Å². The summed E-state index contributed by atoms with van der Waals surface area (Å²) in [7, 11) is 3.37. The van der Waals surface area contributed by atoms with Crippen LogP contribution in [0.4, 0.5) is 16.2 Å². The number of rotatable bonds is 6. The van der Waals surface area contributed by atoms with E-state index in [1.807, 2.05) is 56.3 Å². The fraction of sp³-hybridized carbons (Fsp3) is 0.348. The molecule has 2 N–H and O–H groups in total. The van der Waals surface area contributed by atoms with Gasteiger partial charge in [-0.2, -0.15) is 0 Å². The zero-order valence-electron chi connectivity index (χ0n) is 17.7. The van der Waals surface area contributed by atoms with Gasteiger partial charge < -0.3 is 19.8 Å². The summed E-state index contributed by atoms with van der Waals surface area (Å²) in [4.78, 5) is 13.8. The van der Waals surface area contributed by atoms with Crippen LogP contribution >= 0.6 is 0 Å². The molecule has 0 bridgehead atoms. The van der Waals surface area contributed by atoms with Gasteiger partial charge in [-0.1, -0.05) is 19.1 Å². The Morgan fingerprint density at radius 3 is 2.45 bits per heavy atom. The van der Waals surface area contributed by atoms with Gasteiger partial charge in [0.1, 0.15) is 11.9 Å². The fourth-order valence-electron chi connectivity index (χ4n) is 3.41. The number of amides is 1. The Morgan fingerprint density at radius 1 is 1.17 bits per heavy atom. The summed E-state index contributed by atoms with van der Waals surface area (Å²) in [6.45, 7) is 6.74. The first-order chi connectivity index (χ1) is 13.9. The second-order valence-corrected chi connectivity index (χ2v) is 7.10. The Morgan fingerprint density at radius 2 is 1.86 bits per heavy atom. The lowest BCUT2D eigenvalue weighted by atomic mass is 10.1. The van der Waals surface area contributed by atoms with Crippen LogP contribution in [0.25, 0.3) is 22.2 Å². The minimum Gasteiger partial charge on any atom is -0.497 e. The van der Waals surface area contributed by atoms with Crippen molar-refractivity contribution in [1.82, 2.24) is 4.57 Å². The van der Waals surface area contributed by atoms with Gasteiger partial charge >= 0.3 is 6.09 Å². The third-order valence-corrected chi connectivity index (χ3v) is 5.31. The zero-order chi connectivity index (χ0) is 21.1. The van der Waals surface area contributed by atoms with Crippen LogP contribution in [-0.2, 0) is 11.3 Å². The number of carbonyl (C=O) groups is 1. The highest BCUT2D eigenvalue weighted by atomic mass is 16.6. The number of aryl methyl sites for hydroxylation is 1. The number of benzene rings is 2. The average molecular weight is 396 g/mol. The molecule has 0 radical (unpaired) electrons. The molecule has 1 heterocycles. The van der Waals surface area contributed by atoms with Gasteiger partial charge in [-0.15, -0.1) is 0 Å². The Bertz CT molecular complexity index is 1010. The predicted octanol–water partition coefficient (Wildman–Crippen LogP) is 5.29. The van der Waals surface area contributed by atoms with E-state index in [0.717, 1.165) is 52.3 Å². The molecule has 0 aliphatic heterocycles. The molecule has 2 aromatic carbocycles. The average Bonchev–Trinajstić information content (AvgIpc) is 3.03. The summed E-state index contributed by atoms with van der Waals surface area (Å²) in [6, 6.07) is 13.7. The lowest BCUT2D eigenvalue weighted by Crippen LogP contribution is -2.29. The highest BCUT2D eigenvalue weighted by Crippen LogP contribution is 2.38. The third kappa shape index (κ3) is 3.88. The Kier molecular flexibility index (Phi) is 6.01. The van der Waals surface area contributed by atoms with E-state index in [9.17, 15) is 4.79 Å². The molecular formula is C23H29N3O3. The van der Waals surface area contributed by atoms with E-state index in [1.54, 1.807) is 14.2 Å². The van der Waals surface area contributed by atoms with Gasteiger partial charge in [0.2, 0.25) is 0 Å². The van der Waals surface area contributed by atoms with Gasteiger partial charge in [0.15, 0.2) is 0 Å². The van der Waals surface area contributed by atoms with Crippen LogP contribution in [0.2, 0.25) is 0 Å². The number of nitrogen functional groups attached to an aromatic ring is 1. The van der Waals surface area contributed by atoms with Crippen LogP contribution in [-0.4, -0.2) is 30.9 Å². The maximum atomic E-state index is 12.3. The van der Waals surface area contributed by atoms with Gasteiger partial charge in [0, 0.05) is 36.3 Å².